The van der Waals surface area contributed by atoms with Gasteiger partial charge in [0.25, 0.3) is 11.8 Å². The summed E-state index contributed by atoms with van der Waals surface area (Å²) in [6.45, 7) is 0.543. The number of nitrogens with zero attached hydrogens (tertiary/aromatic N) is 2. The van der Waals surface area contributed by atoms with Gasteiger partial charge in [0.05, 0.1) is 23.2 Å². The number of aromatic nitrogens is 2. The molecule has 2 amide bonds. The number of benzene rings is 2. The molecule has 150 valence electrons. The largest absolute Gasteiger partial charge is 0.279 e. The number of carbonyl (C=O) groups excluding carboxylic acids is 2. The molecule has 2 heterocycles. The predicted octanol–water partition coefficient (Wildman–Crippen LogP) is 3.87. The highest BCUT2D eigenvalue weighted by atomic mass is 32.1. The maximum atomic E-state index is 13.1. The van der Waals surface area contributed by atoms with Gasteiger partial charge < -0.3 is 0 Å². The lowest BCUT2D eigenvalue weighted by molar-refractivity contribution is 0.0849. The van der Waals surface area contributed by atoms with E-state index < -0.39 is 11.8 Å². The van der Waals surface area contributed by atoms with E-state index in [1.807, 2.05) is 30.3 Å². The molecule has 4 rings (SSSR count). The summed E-state index contributed by atoms with van der Waals surface area (Å²) < 4.78 is 14.7. The molecule has 0 spiro atoms. The molecular weight excluding hydrogens is 403 g/mol. The molecule has 0 saturated heterocycles. The number of halogens is 1. The van der Waals surface area contributed by atoms with E-state index in [0.29, 0.717) is 17.0 Å². The average molecular weight is 420 g/mol. The van der Waals surface area contributed by atoms with Crippen molar-refractivity contribution in [3.05, 3.63) is 101 Å². The SMILES string of the molecule is O=C(NNC(=O)c1ccc(-c2ccc(F)cc2)s1)c1cnn(Cc2ccccc2)c1. The minimum Gasteiger partial charge on any atom is -0.268 e. The van der Waals surface area contributed by atoms with Gasteiger partial charge in [0, 0.05) is 11.1 Å². The summed E-state index contributed by atoms with van der Waals surface area (Å²) in [4.78, 5) is 25.9. The standard InChI is InChI=1S/C22H17FN4O2S/c23-18-8-6-16(7-9-18)19-10-11-20(30-19)22(29)26-25-21(28)17-12-24-27(14-17)13-15-4-2-1-3-5-15/h1-12,14H,13H2,(H,25,28)(H,26,29). The second-order valence-corrected chi connectivity index (χ2v) is 7.58. The lowest BCUT2D eigenvalue weighted by Crippen LogP contribution is -2.41. The van der Waals surface area contributed by atoms with E-state index in [9.17, 15) is 14.0 Å². The van der Waals surface area contributed by atoms with Crippen LogP contribution in [0.5, 0.6) is 0 Å². The Morgan fingerprint density at radius 2 is 1.67 bits per heavy atom. The highest BCUT2D eigenvalue weighted by Gasteiger charge is 2.13. The van der Waals surface area contributed by atoms with Crippen molar-refractivity contribution in [2.75, 3.05) is 0 Å². The first-order chi connectivity index (χ1) is 14.6. The van der Waals surface area contributed by atoms with Crippen LogP contribution in [0.4, 0.5) is 4.39 Å². The second kappa shape index (κ2) is 8.71. The maximum Gasteiger partial charge on any atom is 0.279 e. The molecule has 0 aliphatic rings. The first kappa shape index (κ1) is 19.5. The van der Waals surface area contributed by atoms with Crippen molar-refractivity contribution in [3.63, 3.8) is 0 Å². The minimum absolute atomic E-state index is 0.317. The molecule has 0 bridgehead atoms. The van der Waals surface area contributed by atoms with Crippen LogP contribution in [0.15, 0.2) is 79.1 Å². The van der Waals surface area contributed by atoms with Crippen LogP contribution in [-0.2, 0) is 6.54 Å². The van der Waals surface area contributed by atoms with Crippen LogP contribution in [0, 0.1) is 5.82 Å². The average Bonchev–Trinajstić information content (AvgIpc) is 3.43. The molecule has 4 aromatic rings. The van der Waals surface area contributed by atoms with E-state index in [1.54, 1.807) is 35.1 Å². The molecule has 0 fully saturated rings. The third kappa shape index (κ3) is 4.61. The lowest BCUT2D eigenvalue weighted by atomic mass is 10.2. The van der Waals surface area contributed by atoms with Gasteiger partial charge in [-0.05, 0) is 35.4 Å². The molecule has 0 saturated carbocycles. The molecule has 0 radical (unpaired) electrons. The van der Waals surface area contributed by atoms with Gasteiger partial charge in [-0.2, -0.15) is 5.10 Å². The molecule has 0 atom stereocenters. The molecule has 8 heteroatoms. The molecular formula is C22H17FN4O2S. The first-order valence-electron chi connectivity index (χ1n) is 9.11. The molecule has 0 unspecified atom stereocenters. The Kier molecular flexibility index (Phi) is 5.67. The highest BCUT2D eigenvalue weighted by molar-refractivity contribution is 7.17. The van der Waals surface area contributed by atoms with Crippen LogP contribution in [0.1, 0.15) is 25.6 Å². The second-order valence-electron chi connectivity index (χ2n) is 6.49. The zero-order valence-corrected chi connectivity index (χ0v) is 16.5. The number of rotatable bonds is 5. The fourth-order valence-electron chi connectivity index (χ4n) is 2.81. The van der Waals surface area contributed by atoms with Gasteiger partial charge in [-0.1, -0.05) is 42.5 Å². The van der Waals surface area contributed by atoms with Gasteiger partial charge in [-0.25, -0.2) is 4.39 Å². The molecule has 0 aliphatic heterocycles. The number of hydrogen-bond acceptors (Lipinski definition) is 4. The van der Waals surface area contributed by atoms with Crippen LogP contribution in [0.3, 0.4) is 0 Å². The van der Waals surface area contributed by atoms with Crippen molar-refractivity contribution in [1.82, 2.24) is 20.6 Å². The van der Waals surface area contributed by atoms with E-state index in [4.69, 9.17) is 0 Å². The lowest BCUT2D eigenvalue weighted by Gasteiger charge is -2.04. The van der Waals surface area contributed by atoms with Crippen molar-refractivity contribution in [1.29, 1.82) is 0 Å². The molecule has 6 nitrogen and oxygen atoms in total. The third-order valence-corrected chi connectivity index (χ3v) is 5.46. The van der Waals surface area contributed by atoms with Gasteiger partial charge >= 0.3 is 0 Å². The quantitative estimate of drug-likeness (QED) is 0.481. The van der Waals surface area contributed by atoms with Gasteiger partial charge in [-0.3, -0.25) is 25.1 Å². The number of nitrogens with one attached hydrogen (secondary N) is 2. The number of carbonyl (C=O) groups is 2. The molecule has 2 N–H and O–H groups in total. The van der Waals surface area contributed by atoms with Crippen molar-refractivity contribution in [2.24, 2.45) is 0 Å². The van der Waals surface area contributed by atoms with Crippen LogP contribution in [0.2, 0.25) is 0 Å². The molecule has 2 aromatic heterocycles. The van der Waals surface area contributed by atoms with Crippen molar-refractivity contribution >= 4 is 23.2 Å². The number of amides is 2. The Hall–Kier alpha value is -3.78. The summed E-state index contributed by atoms with van der Waals surface area (Å²) >= 11 is 1.25. The van der Waals surface area contributed by atoms with E-state index in [1.165, 1.54) is 29.7 Å². The number of hydrazine groups is 1. The van der Waals surface area contributed by atoms with Crippen LogP contribution in [0.25, 0.3) is 10.4 Å². The summed E-state index contributed by atoms with van der Waals surface area (Å²) in [7, 11) is 0. The molecule has 2 aromatic carbocycles. The van der Waals surface area contributed by atoms with Crippen molar-refractivity contribution in [2.45, 2.75) is 6.54 Å². The van der Waals surface area contributed by atoms with E-state index in [0.717, 1.165) is 16.0 Å². The molecule has 0 aliphatic carbocycles. The fourth-order valence-corrected chi connectivity index (χ4v) is 3.72. The summed E-state index contributed by atoms with van der Waals surface area (Å²) in [6.07, 6.45) is 3.06. The van der Waals surface area contributed by atoms with Crippen LogP contribution < -0.4 is 10.9 Å². The van der Waals surface area contributed by atoms with Gasteiger partial charge in [-0.15, -0.1) is 11.3 Å². The van der Waals surface area contributed by atoms with Gasteiger partial charge in [0.1, 0.15) is 5.82 Å². The fraction of sp³-hybridized carbons (Fsp3) is 0.0455. The molecule has 30 heavy (non-hydrogen) atoms. The van der Waals surface area contributed by atoms with Gasteiger partial charge in [0.2, 0.25) is 0 Å². The van der Waals surface area contributed by atoms with E-state index in [-0.39, 0.29) is 5.82 Å². The zero-order chi connectivity index (χ0) is 20.9. The predicted molar refractivity (Wildman–Crippen MR) is 112 cm³/mol. The normalized spacial score (nSPS) is 10.6. The monoisotopic (exact) mass is 420 g/mol. The maximum absolute atomic E-state index is 13.1. The Balaban J connectivity index is 1.34. The van der Waals surface area contributed by atoms with Crippen LogP contribution in [-0.4, -0.2) is 21.6 Å². The highest BCUT2D eigenvalue weighted by Crippen LogP contribution is 2.28. The summed E-state index contributed by atoms with van der Waals surface area (Å²) in [5, 5.41) is 4.18. The van der Waals surface area contributed by atoms with E-state index >= 15 is 0 Å². The summed E-state index contributed by atoms with van der Waals surface area (Å²) in [5.74, 6) is -1.21. The van der Waals surface area contributed by atoms with Crippen LogP contribution >= 0.6 is 11.3 Å². The Morgan fingerprint density at radius 1 is 0.933 bits per heavy atom. The van der Waals surface area contributed by atoms with E-state index in [2.05, 4.69) is 16.0 Å². The summed E-state index contributed by atoms with van der Waals surface area (Å²) in [6, 6.07) is 19.2. The van der Waals surface area contributed by atoms with Crippen molar-refractivity contribution < 1.29 is 14.0 Å². The minimum atomic E-state index is -0.460. The number of hydrogen-bond donors (Lipinski definition) is 2. The Bertz CT molecular complexity index is 1170. The zero-order valence-electron chi connectivity index (χ0n) is 15.7. The topological polar surface area (TPSA) is 76.0 Å². The van der Waals surface area contributed by atoms with Gasteiger partial charge in [0.15, 0.2) is 0 Å². The summed E-state index contributed by atoms with van der Waals surface area (Å²) in [5.41, 5.74) is 7.02. The third-order valence-electron chi connectivity index (χ3n) is 4.33. The van der Waals surface area contributed by atoms with Crippen molar-refractivity contribution in [3.8, 4) is 10.4 Å². The Labute approximate surface area is 176 Å². The smallest absolute Gasteiger partial charge is 0.268 e. The Morgan fingerprint density at radius 3 is 2.43 bits per heavy atom. The number of thiophene rings is 1. The first-order valence-corrected chi connectivity index (χ1v) is 9.93.